The molecule has 0 aliphatic carbocycles. The van der Waals surface area contributed by atoms with Crippen LogP contribution in [0.2, 0.25) is 0 Å². The number of carbonyl (C=O) groups excluding carboxylic acids is 1. The highest BCUT2D eigenvalue weighted by molar-refractivity contribution is 5.76. The average Bonchev–Trinajstić information content (AvgIpc) is 2.20. The zero-order valence-corrected chi connectivity index (χ0v) is 11.8. The largest absolute Gasteiger partial charge is 0.302 e. The normalized spacial score (nSPS) is 12.9. The number of aryl methyl sites for hydroxylation is 3. The number of nitrogens with zero attached hydrogens (tertiary/aromatic N) is 1. The molecule has 1 aromatic rings. The third kappa shape index (κ3) is 3.40. The van der Waals surface area contributed by atoms with Crippen molar-refractivity contribution in [2.45, 2.75) is 40.2 Å². The van der Waals surface area contributed by atoms with E-state index in [1.165, 1.54) is 22.3 Å². The van der Waals surface area contributed by atoms with E-state index in [4.69, 9.17) is 0 Å². The van der Waals surface area contributed by atoms with Crippen LogP contribution < -0.4 is 0 Å². The van der Waals surface area contributed by atoms with Gasteiger partial charge in [0.05, 0.1) is 0 Å². The van der Waals surface area contributed by atoms with E-state index in [0.717, 1.165) is 0 Å². The van der Waals surface area contributed by atoms with E-state index in [-0.39, 0.29) is 11.8 Å². The quantitative estimate of drug-likeness (QED) is 0.796. The summed E-state index contributed by atoms with van der Waals surface area (Å²) < 4.78 is 0. The molecule has 0 N–H and O–H groups in total. The van der Waals surface area contributed by atoms with Gasteiger partial charge in [0.15, 0.2) is 0 Å². The number of ketones is 1. The standard InChI is InChI=1S/C15H23NO/c1-10-7-12(3)14(8-11(10)2)15(16(5)6)9-13(4)17/h7-8,15H,9H2,1-6H3. The minimum Gasteiger partial charge on any atom is -0.302 e. The van der Waals surface area contributed by atoms with Crippen LogP contribution in [0.4, 0.5) is 0 Å². The molecule has 1 rings (SSSR count). The second kappa shape index (κ2) is 5.46. The molecule has 0 saturated heterocycles. The number of carbonyl (C=O) groups is 1. The maximum absolute atomic E-state index is 11.4. The molecule has 0 aromatic heterocycles. The Labute approximate surface area is 105 Å². The van der Waals surface area contributed by atoms with Gasteiger partial charge in [-0.1, -0.05) is 12.1 Å². The van der Waals surface area contributed by atoms with Crippen molar-refractivity contribution in [3.05, 3.63) is 34.4 Å². The number of Topliss-reactive ketones (excluding diaryl/α,β-unsaturated/α-hetero) is 1. The van der Waals surface area contributed by atoms with Crippen LogP contribution in [0.15, 0.2) is 12.1 Å². The SMILES string of the molecule is CC(=O)CC(c1cc(C)c(C)cc1C)N(C)C. The Morgan fingerprint density at radius 2 is 1.65 bits per heavy atom. The fraction of sp³-hybridized carbons (Fsp3) is 0.533. The van der Waals surface area contributed by atoms with Gasteiger partial charge in [-0.05, 0) is 64.0 Å². The lowest BCUT2D eigenvalue weighted by molar-refractivity contribution is -0.118. The molecule has 0 spiro atoms. The van der Waals surface area contributed by atoms with Gasteiger partial charge >= 0.3 is 0 Å². The molecule has 2 nitrogen and oxygen atoms in total. The molecule has 94 valence electrons. The highest BCUT2D eigenvalue weighted by Crippen LogP contribution is 2.27. The molecule has 2 heteroatoms. The fourth-order valence-electron chi connectivity index (χ4n) is 2.18. The lowest BCUT2D eigenvalue weighted by atomic mass is 9.92. The predicted molar refractivity (Wildman–Crippen MR) is 72.4 cm³/mol. The molecular weight excluding hydrogens is 210 g/mol. The first-order valence-corrected chi connectivity index (χ1v) is 6.06. The summed E-state index contributed by atoms with van der Waals surface area (Å²) in [5, 5.41) is 0. The summed E-state index contributed by atoms with van der Waals surface area (Å²) >= 11 is 0. The van der Waals surface area contributed by atoms with Crippen LogP contribution in [0.25, 0.3) is 0 Å². The van der Waals surface area contributed by atoms with Gasteiger partial charge in [-0.3, -0.25) is 4.79 Å². The smallest absolute Gasteiger partial charge is 0.131 e. The third-order valence-electron chi connectivity index (χ3n) is 3.35. The van der Waals surface area contributed by atoms with Gasteiger partial charge in [-0.15, -0.1) is 0 Å². The molecule has 0 aliphatic heterocycles. The van der Waals surface area contributed by atoms with Crippen molar-refractivity contribution in [2.24, 2.45) is 0 Å². The van der Waals surface area contributed by atoms with Crippen molar-refractivity contribution >= 4 is 5.78 Å². The third-order valence-corrected chi connectivity index (χ3v) is 3.35. The summed E-state index contributed by atoms with van der Waals surface area (Å²) in [4.78, 5) is 13.5. The average molecular weight is 233 g/mol. The van der Waals surface area contributed by atoms with Gasteiger partial charge < -0.3 is 4.90 Å². The van der Waals surface area contributed by atoms with Crippen LogP contribution in [0.3, 0.4) is 0 Å². The van der Waals surface area contributed by atoms with Crippen LogP contribution in [-0.2, 0) is 4.79 Å². The molecule has 0 radical (unpaired) electrons. The molecular formula is C15H23NO. The first-order chi connectivity index (χ1) is 7.82. The monoisotopic (exact) mass is 233 g/mol. The Balaban J connectivity index is 3.18. The summed E-state index contributed by atoms with van der Waals surface area (Å²) in [6.07, 6.45) is 0.580. The van der Waals surface area contributed by atoms with Crippen LogP contribution in [-0.4, -0.2) is 24.8 Å². The van der Waals surface area contributed by atoms with Gasteiger partial charge in [-0.25, -0.2) is 0 Å². The van der Waals surface area contributed by atoms with Gasteiger partial charge in [-0.2, -0.15) is 0 Å². The minimum atomic E-state index is 0.187. The van der Waals surface area contributed by atoms with E-state index in [9.17, 15) is 4.79 Å². The summed E-state index contributed by atoms with van der Waals surface area (Å²) in [6.45, 7) is 8.03. The Morgan fingerprint density at radius 3 is 2.12 bits per heavy atom. The molecule has 0 heterocycles. The second-order valence-corrected chi connectivity index (χ2v) is 5.18. The van der Waals surface area contributed by atoms with E-state index in [2.05, 4.69) is 37.8 Å². The molecule has 17 heavy (non-hydrogen) atoms. The van der Waals surface area contributed by atoms with Crippen molar-refractivity contribution in [1.82, 2.24) is 4.90 Å². The molecule has 0 fully saturated rings. The number of rotatable bonds is 4. The van der Waals surface area contributed by atoms with E-state index >= 15 is 0 Å². The number of benzene rings is 1. The Morgan fingerprint density at radius 1 is 1.12 bits per heavy atom. The first kappa shape index (κ1) is 13.9. The summed E-state index contributed by atoms with van der Waals surface area (Å²) in [5.41, 5.74) is 5.15. The Hall–Kier alpha value is -1.15. The van der Waals surface area contributed by atoms with Gasteiger partial charge in [0.25, 0.3) is 0 Å². The van der Waals surface area contributed by atoms with Crippen molar-refractivity contribution in [3.8, 4) is 0 Å². The van der Waals surface area contributed by atoms with E-state index in [1.54, 1.807) is 6.92 Å². The number of hydrogen-bond acceptors (Lipinski definition) is 2. The molecule has 0 saturated carbocycles. The van der Waals surface area contributed by atoms with Crippen molar-refractivity contribution in [2.75, 3.05) is 14.1 Å². The lowest BCUT2D eigenvalue weighted by Gasteiger charge is -2.26. The van der Waals surface area contributed by atoms with Gasteiger partial charge in [0, 0.05) is 12.5 Å². The van der Waals surface area contributed by atoms with Gasteiger partial charge in [0.1, 0.15) is 5.78 Å². The molecule has 1 unspecified atom stereocenters. The van der Waals surface area contributed by atoms with Crippen molar-refractivity contribution < 1.29 is 4.79 Å². The maximum atomic E-state index is 11.4. The van der Waals surface area contributed by atoms with Crippen LogP contribution in [0, 0.1) is 20.8 Å². The van der Waals surface area contributed by atoms with Crippen LogP contribution in [0.5, 0.6) is 0 Å². The van der Waals surface area contributed by atoms with Crippen LogP contribution in [0.1, 0.15) is 41.6 Å². The predicted octanol–water partition coefficient (Wildman–Crippen LogP) is 3.19. The fourth-order valence-corrected chi connectivity index (χ4v) is 2.18. The Kier molecular flexibility index (Phi) is 4.47. The molecule has 0 bridgehead atoms. The molecule has 1 atom stereocenters. The highest BCUT2D eigenvalue weighted by Gasteiger charge is 2.18. The zero-order chi connectivity index (χ0) is 13.2. The van der Waals surface area contributed by atoms with Gasteiger partial charge in [0.2, 0.25) is 0 Å². The lowest BCUT2D eigenvalue weighted by Crippen LogP contribution is -2.23. The summed E-state index contributed by atoms with van der Waals surface area (Å²) in [6, 6.07) is 4.62. The van der Waals surface area contributed by atoms with E-state index in [1.807, 2.05) is 14.1 Å². The zero-order valence-electron chi connectivity index (χ0n) is 11.8. The molecule has 0 aliphatic rings. The van der Waals surface area contributed by atoms with Crippen molar-refractivity contribution in [3.63, 3.8) is 0 Å². The molecule has 1 aromatic carbocycles. The minimum absolute atomic E-state index is 0.187. The number of hydrogen-bond donors (Lipinski definition) is 0. The first-order valence-electron chi connectivity index (χ1n) is 6.06. The highest BCUT2D eigenvalue weighted by atomic mass is 16.1. The maximum Gasteiger partial charge on any atom is 0.131 e. The van der Waals surface area contributed by atoms with E-state index in [0.29, 0.717) is 6.42 Å². The molecule has 0 amide bonds. The van der Waals surface area contributed by atoms with E-state index < -0.39 is 0 Å². The van der Waals surface area contributed by atoms with Crippen molar-refractivity contribution in [1.29, 1.82) is 0 Å². The van der Waals surface area contributed by atoms with Crippen LogP contribution >= 0.6 is 0 Å². The summed E-state index contributed by atoms with van der Waals surface area (Å²) in [5.74, 6) is 0.237. The Bertz CT molecular complexity index is 421. The second-order valence-electron chi connectivity index (χ2n) is 5.18. The summed E-state index contributed by atoms with van der Waals surface area (Å²) in [7, 11) is 4.06. The topological polar surface area (TPSA) is 20.3 Å².